The first-order valence-corrected chi connectivity index (χ1v) is 14.0. The maximum absolute atomic E-state index is 11.2. The number of hydrogen-bond donors (Lipinski definition) is 3. The van der Waals surface area contributed by atoms with Crippen LogP contribution in [0.2, 0.25) is 18.1 Å². The summed E-state index contributed by atoms with van der Waals surface area (Å²) in [5.74, 6) is -1.45. The van der Waals surface area contributed by atoms with E-state index in [1.807, 2.05) is 6.92 Å². The van der Waals surface area contributed by atoms with Gasteiger partial charge in [0.2, 0.25) is 0 Å². The van der Waals surface area contributed by atoms with Crippen molar-refractivity contribution in [2.75, 3.05) is 0 Å². The lowest BCUT2D eigenvalue weighted by Gasteiger charge is -2.38. The van der Waals surface area contributed by atoms with Crippen LogP contribution >= 0.6 is 0 Å². The summed E-state index contributed by atoms with van der Waals surface area (Å²) in [7, 11) is -1.77. The van der Waals surface area contributed by atoms with Gasteiger partial charge in [0.15, 0.2) is 8.32 Å². The fourth-order valence-corrected chi connectivity index (χ4v) is 5.75. The van der Waals surface area contributed by atoms with Gasteiger partial charge in [0.1, 0.15) is 0 Å². The van der Waals surface area contributed by atoms with Crippen molar-refractivity contribution in [2.45, 2.75) is 103 Å². The predicted octanol–water partition coefficient (Wildman–Crippen LogP) is 4.77. The van der Waals surface area contributed by atoms with Gasteiger partial charge in [0.05, 0.1) is 17.9 Å². The Morgan fingerprint density at radius 2 is 1.34 bits per heavy atom. The Kier molecular flexibility index (Phi) is 9.36. The highest BCUT2D eigenvalue weighted by Crippen LogP contribution is 2.42. The number of carboxylic acids is 2. The van der Waals surface area contributed by atoms with E-state index >= 15 is 0 Å². The molecule has 170 valence electrons. The normalized spacial score (nSPS) is 32.6. The quantitative estimate of drug-likeness (QED) is 0.525. The molecule has 29 heavy (non-hydrogen) atoms. The van der Waals surface area contributed by atoms with Crippen molar-refractivity contribution in [1.29, 1.82) is 0 Å². The zero-order chi connectivity index (χ0) is 22.6. The van der Waals surface area contributed by atoms with Crippen LogP contribution in [0.1, 0.15) is 73.1 Å². The molecule has 7 heteroatoms. The van der Waals surface area contributed by atoms with Crippen molar-refractivity contribution in [2.24, 2.45) is 23.7 Å². The Bertz CT molecular complexity index is 556. The molecule has 6 nitrogen and oxygen atoms in total. The first-order chi connectivity index (χ1) is 13.2. The molecule has 2 fully saturated rings. The van der Waals surface area contributed by atoms with Gasteiger partial charge < -0.3 is 19.7 Å². The van der Waals surface area contributed by atoms with E-state index < -0.39 is 20.3 Å². The van der Waals surface area contributed by atoms with Gasteiger partial charge in [-0.05, 0) is 55.7 Å². The lowest BCUT2D eigenvalue weighted by Crippen LogP contribution is -2.43. The molecule has 0 amide bonds. The largest absolute Gasteiger partial charge is 0.481 e. The van der Waals surface area contributed by atoms with E-state index in [1.54, 1.807) is 0 Å². The molecule has 6 unspecified atom stereocenters. The van der Waals surface area contributed by atoms with Crippen molar-refractivity contribution in [3.05, 3.63) is 0 Å². The Labute approximate surface area is 177 Å². The molecule has 3 N–H and O–H groups in total. The van der Waals surface area contributed by atoms with Crippen LogP contribution in [0, 0.1) is 23.7 Å². The summed E-state index contributed by atoms with van der Waals surface area (Å²) in [6.07, 6.45) is 4.27. The maximum atomic E-state index is 11.2. The smallest absolute Gasteiger partial charge is 0.306 e. The minimum atomic E-state index is -1.77. The molecule has 0 bridgehead atoms. The lowest BCUT2D eigenvalue weighted by atomic mass is 9.94. The van der Waals surface area contributed by atoms with E-state index in [1.165, 1.54) is 0 Å². The van der Waals surface area contributed by atoms with Crippen molar-refractivity contribution in [1.82, 2.24) is 0 Å². The number of rotatable bonds is 6. The van der Waals surface area contributed by atoms with E-state index in [0.717, 1.165) is 19.3 Å². The molecule has 0 aromatic rings. The molecule has 0 aromatic heterocycles. The van der Waals surface area contributed by atoms with Gasteiger partial charge in [0, 0.05) is 6.10 Å². The Morgan fingerprint density at radius 3 is 1.69 bits per heavy atom. The van der Waals surface area contributed by atoms with Gasteiger partial charge in [-0.25, -0.2) is 0 Å². The van der Waals surface area contributed by atoms with Crippen molar-refractivity contribution in [3.63, 3.8) is 0 Å². The van der Waals surface area contributed by atoms with Crippen LogP contribution in [-0.2, 0) is 14.0 Å². The lowest BCUT2D eigenvalue weighted by molar-refractivity contribution is -0.144. The topological polar surface area (TPSA) is 104 Å². The molecular weight excluding hydrogens is 388 g/mol. The van der Waals surface area contributed by atoms with E-state index in [0.29, 0.717) is 19.3 Å². The minimum absolute atomic E-state index is 0.150. The number of hydrogen-bond acceptors (Lipinski definition) is 4. The van der Waals surface area contributed by atoms with Crippen LogP contribution in [0.15, 0.2) is 0 Å². The SMILES string of the molecule is CCC1CC(O)CC1C(=O)O.CCC1CC(O[Si](C)(C)C(C)(C)C)CC1C(=O)O. The number of aliphatic carboxylic acids is 2. The number of aliphatic hydroxyl groups is 1. The molecule has 2 saturated carbocycles. The van der Waals surface area contributed by atoms with Crippen LogP contribution in [0.3, 0.4) is 0 Å². The second kappa shape index (κ2) is 10.4. The average molecular weight is 431 g/mol. The zero-order valence-corrected chi connectivity index (χ0v) is 20.3. The standard InChI is InChI=1S/C14H28O3Si.C8H14O3/c1-7-10-8-11(9-12(10)13(15)16)17-18(5,6)14(2,3)4;1-2-5-3-6(9)4-7(5)8(10)11/h10-12H,7-9H2,1-6H3,(H,15,16);5-7,9H,2-4H2,1H3,(H,10,11). The zero-order valence-electron chi connectivity index (χ0n) is 19.3. The minimum Gasteiger partial charge on any atom is -0.481 e. The van der Waals surface area contributed by atoms with Gasteiger partial charge in [0.25, 0.3) is 0 Å². The third-order valence-corrected chi connectivity index (χ3v) is 11.8. The summed E-state index contributed by atoms with van der Waals surface area (Å²) >= 11 is 0. The van der Waals surface area contributed by atoms with Crippen LogP contribution in [0.25, 0.3) is 0 Å². The third kappa shape index (κ3) is 7.07. The summed E-state index contributed by atoms with van der Waals surface area (Å²) in [5.41, 5.74) is 0. The maximum Gasteiger partial charge on any atom is 0.306 e. The Balaban J connectivity index is 0.000000326. The molecule has 0 saturated heterocycles. The molecule has 0 radical (unpaired) electrons. The number of aliphatic hydroxyl groups excluding tert-OH is 1. The summed E-state index contributed by atoms with van der Waals surface area (Å²) in [6.45, 7) is 15.2. The van der Waals surface area contributed by atoms with E-state index in [4.69, 9.17) is 9.53 Å². The van der Waals surface area contributed by atoms with E-state index in [2.05, 4.69) is 40.8 Å². The molecule has 2 aliphatic rings. The fraction of sp³-hybridized carbons (Fsp3) is 0.909. The molecule has 2 rings (SSSR count). The van der Waals surface area contributed by atoms with Gasteiger partial charge in [-0.15, -0.1) is 0 Å². The monoisotopic (exact) mass is 430 g/mol. The van der Waals surface area contributed by atoms with Crippen molar-refractivity contribution >= 4 is 20.3 Å². The third-order valence-electron chi connectivity index (χ3n) is 7.27. The van der Waals surface area contributed by atoms with E-state index in [-0.39, 0.29) is 40.9 Å². The van der Waals surface area contributed by atoms with E-state index in [9.17, 15) is 19.8 Å². The van der Waals surface area contributed by atoms with Crippen LogP contribution in [0.4, 0.5) is 0 Å². The van der Waals surface area contributed by atoms with Crippen molar-refractivity contribution < 1.29 is 29.3 Å². The second-order valence-corrected chi connectivity index (χ2v) is 15.1. The second-order valence-electron chi connectivity index (χ2n) is 10.3. The molecule has 0 aromatic carbocycles. The molecule has 6 atom stereocenters. The Hall–Kier alpha value is -0.923. The van der Waals surface area contributed by atoms with Gasteiger partial charge in [-0.3, -0.25) is 9.59 Å². The highest BCUT2D eigenvalue weighted by molar-refractivity contribution is 6.74. The molecule has 0 aliphatic heterocycles. The first-order valence-electron chi connectivity index (χ1n) is 11.0. The number of carbonyl (C=O) groups is 2. The predicted molar refractivity (Wildman–Crippen MR) is 116 cm³/mol. The molecular formula is C22H42O6Si. The highest BCUT2D eigenvalue weighted by Gasteiger charge is 2.44. The average Bonchev–Trinajstić information content (AvgIpc) is 3.17. The summed E-state index contributed by atoms with van der Waals surface area (Å²) in [4.78, 5) is 21.8. The fourth-order valence-electron chi connectivity index (χ4n) is 4.37. The van der Waals surface area contributed by atoms with Gasteiger partial charge >= 0.3 is 11.9 Å². The van der Waals surface area contributed by atoms with Crippen LogP contribution in [0.5, 0.6) is 0 Å². The molecule has 0 heterocycles. The van der Waals surface area contributed by atoms with Crippen LogP contribution < -0.4 is 0 Å². The summed E-state index contributed by atoms with van der Waals surface area (Å²) in [6, 6.07) is 0. The summed E-state index contributed by atoms with van der Waals surface area (Å²) < 4.78 is 6.35. The highest BCUT2D eigenvalue weighted by atomic mass is 28.4. The van der Waals surface area contributed by atoms with Crippen molar-refractivity contribution in [3.8, 4) is 0 Å². The molecule has 0 spiro atoms. The van der Waals surface area contributed by atoms with Gasteiger partial charge in [-0.1, -0.05) is 47.5 Å². The molecule has 2 aliphatic carbocycles. The Morgan fingerprint density at radius 1 is 0.897 bits per heavy atom. The first kappa shape index (κ1) is 26.1. The number of carboxylic acid groups (broad SMARTS) is 2. The van der Waals surface area contributed by atoms with Gasteiger partial charge in [-0.2, -0.15) is 0 Å². The van der Waals surface area contributed by atoms with Crippen LogP contribution in [-0.4, -0.2) is 47.8 Å². The summed E-state index contributed by atoms with van der Waals surface area (Å²) in [5, 5.41) is 27.3.